The molecule has 4 heteroatoms. The molecule has 0 spiro atoms. The summed E-state index contributed by atoms with van der Waals surface area (Å²) >= 11 is 0. The molecule has 112 valence electrons. The van der Waals surface area contributed by atoms with Crippen LogP contribution in [0.3, 0.4) is 0 Å². The van der Waals surface area contributed by atoms with Crippen LogP contribution in [0.2, 0.25) is 0 Å². The van der Waals surface area contributed by atoms with Gasteiger partial charge in [-0.3, -0.25) is 0 Å². The first-order valence-electron chi connectivity index (χ1n) is 6.89. The largest absolute Gasteiger partial charge is 0.482 e. The Morgan fingerprint density at radius 1 is 1.05 bits per heavy atom. The van der Waals surface area contributed by atoms with Crippen molar-refractivity contribution < 1.29 is 14.4 Å². The van der Waals surface area contributed by atoms with Crippen molar-refractivity contribution in [3.63, 3.8) is 0 Å². The summed E-state index contributed by atoms with van der Waals surface area (Å²) in [5.74, 6) is 0.0699. The normalized spacial score (nSPS) is 11.4. The molecule has 0 aliphatic rings. The minimum atomic E-state index is -0.545. The second kappa shape index (κ2) is 8.42. The molecule has 0 amide bonds. The monoisotopic (exact) mass is 295 g/mol. The number of hydrogen-bond acceptors (Lipinski definition) is 4. The number of rotatable bonds is 6. The van der Waals surface area contributed by atoms with Crippen molar-refractivity contribution in [3.05, 3.63) is 72.3 Å². The van der Waals surface area contributed by atoms with Crippen LogP contribution in [0.5, 0.6) is 5.75 Å². The quantitative estimate of drug-likeness (QED) is 0.464. The Labute approximate surface area is 129 Å². The van der Waals surface area contributed by atoms with Gasteiger partial charge in [0.1, 0.15) is 5.75 Å². The number of allylic oxidation sites excluding steroid dienone is 1. The Bertz CT molecular complexity index is 649. The fourth-order valence-corrected chi connectivity index (χ4v) is 1.62. The van der Waals surface area contributed by atoms with E-state index in [0.29, 0.717) is 11.5 Å². The van der Waals surface area contributed by atoms with E-state index in [-0.39, 0.29) is 6.61 Å². The molecule has 0 aromatic heterocycles. The molecule has 0 N–H and O–H groups in total. The van der Waals surface area contributed by atoms with E-state index in [1.165, 1.54) is 0 Å². The number of para-hydroxylation sites is 1. The summed E-state index contributed by atoms with van der Waals surface area (Å²) in [6.45, 7) is 1.58. The third kappa shape index (κ3) is 5.63. The third-order valence-electron chi connectivity index (χ3n) is 2.71. The summed E-state index contributed by atoms with van der Waals surface area (Å²) in [6, 6.07) is 18.9. The highest BCUT2D eigenvalue weighted by molar-refractivity contribution is 5.96. The van der Waals surface area contributed by atoms with Crippen molar-refractivity contribution in [1.29, 1.82) is 0 Å². The summed E-state index contributed by atoms with van der Waals surface area (Å²) < 4.78 is 5.27. The Balaban J connectivity index is 1.78. The van der Waals surface area contributed by atoms with Crippen LogP contribution in [0.15, 0.2) is 71.9 Å². The maximum atomic E-state index is 11.5. The van der Waals surface area contributed by atoms with Crippen molar-refractivity contribution in [2.75, 3.05) is 6.61 Å². The van der Waals surface area contributed by atoms with Crippen LogP contribution in [0.4, 0.5) is 0 Å². The van der Waals surface area contributed by atoms with E-state index in [1.54, 1.807) is 25.1 Å². The molecule has 4 nitrogen and oxygen atoms in total. The molecular formula is C18H17NO3. The fourth-order valence-electron chi connectivity index (χ4n) is 1.62. The number of carbonyl (C=O) groups is 1. The molecule has 0 aliphatic carbocycles. The highest BCUT2D eigenvalue weighted by Crippen LogP contribution is 2.08. The number of benzene rings is 2. The van der Waals surface area contributed by atoms with E-state index >= 15 is 0 Å². The van der Waals surface area contributed by atoms with E-state index in [0.717, 1.165) is 5.56 Å². The lowest BCUT2D eigenvalue weighted by molar-refractivity contribution is -0.146. The molecule has 2 rings (SSSR count). The van der Waals surface area contributed by atoms with E-state index in [9.17, 15) is 4.79 Å². The summed E-state index contributed by atoms with van der Waals surface area (Å²) in [5, 5.41) is 3.75. The van der Waals surface area contributed by atoms with Crippen LogP contribution >= 0.6 is 0 Å². The average Bonchev–Trinajstić information content (AvgIpc) is 2.58. The molecule has 2 aromatic carbocycles. The molecule has 0 atom stereocenters. The maximum absolute atomic E-state index is 11.5. The van der Waals surface area contributed by atoms with Gasteiger partial charge in [0.2, 0.25) is 0 Å². The van der Waals surface area contributed by atoms with Crippen molar-refractivity contribution >= 4 is 17.8 Å². The molecule has 2 aromatic rings. The number of nitrogens with zero attached hydrogens (tertiary/aromatic N) is 1. The zero-order valence-corrected chi connectivity index (χ0v) is 12.3. The van der Waals surface area contributed by atoms with Gasteiger partial charge in [0.15, 0.2) is 6.61 Å². The van der Waals surface area contributed by atoms with Gasteiger partial charge < -0.3 is 9.57 Å². The standard InChI is InChI=1S/C18H17NO3/c1-15(12-13-16-8-4-2-5-9-16)19-22-18(20)14-21-17-10-6-3-7-11-17/h2-13H,14H2,1H3/b13-12+,19-15-. The van der Waals surface area contributed by atoms with Crippen molar-refractivity contribution in [2.24, 2.45) is 5.16 Å². The number of carbonyl (C=O) groups excluding carboxylic acids is 1. The zero-order chi connectivity index (χ0) is 15.6. The molecule has 0 heterocycles. The maximum Gasteiger partial charge on any atom is 0.372 e. The molecule has 0 saturated carbocycles. The Hall–Kier alpha value is -2.88. The topological polar surface area (TPSA) is 47.9 Å². The van der Waals surface area contributed by atoms with E-state index < -0.39 is 5.97 Å². The summed E-state index contributed by atoms with van der Waals surface area (Å²) in [7, 11) is 0. The van der Waals surface area contributed by atoms with Gasteiger partial charge in [-0.25, -0.2) is 4.79 Å². The van der Waals surface area contributed by atoms with Crippen LogP contribution in [0.25, 0.3) is 6.08 Å². The molecule has 0 saturated heterocycles. The molecule has 0 radical (unpaired) electrons. The average molecular weight is 295 g/mol. The molecule has 0 fully saturated rings. The first-order valence-corrected chi connectivity index (χ1v) is 6.89. The second-order valence-corrected chi connectivity index (χ2v) is 4.54. The number of oxime groups is 1. The summed E-state index contributed by atoms with van der Waals surface area (Å²) in [4.78, 5) is 16.3. The molecule has 0 bridgehead atoms. The van der Waals surface area contributed by atoms with Crippen molar-refractivity contribution in [2.45, 2.75) is 6.92 Å². The van der Waals surface area contributed by atoms with Gasteiger partial charge in [-0.2, -0.15) is 0 Å². The lowest BCUT2D eigenvalue weighted by Gasteiger charge is -2.03. The van der Waals surface area contributed by atoms with Crippen LogP contribution < -0.4 is 4.74 Å². The van der Waals surface area contributed by atoms with Crippen LogP contribution in [0, 0.1) is 0 Å². The molecule has 0 aliphatic heterocycles. The second-order valence-electron chi connectivity index (χ2n) is 4.54. The van der Waals surface area contributed by atoms with Crippen LogP contribution in [0.1, 0.15) is 12.5 Å². The summed E-state index contributed by atoms with van der Waals surface area (Å²) in [6.07, 6.45) is 3.67. The highest BCUT2D eigenvalue weighted by Gasteiger charge is 2.03. The van der Waals surface area contributed by atoms with E-state index in [2.05, 4.69) is 5.16 Å². The third-order valence-corrected chi connectivity index (χ3v) is 2.71. The lowest BCUT2D eigenvalue weighted by atomic mass is 10.2. The van der Waals surface area contributed by atoms with Gasteiger partial charge in [-0.05, 0) is 30.7 Å². The Kier molecular flexibility index (Phi) is 5.93. The molecular weight excluding hydrogens is 278 g/mol. The van der Waals surface area contributed by atoms with Crippen LogP contribution in [-0.2, 0) is 9.63 Å². The zero-order valence-electron chi connectivity index (χ0n) is 12.3. The SMILES string of the molecule is CC(/C=C/c1ccccc1)=N/OC(=O)COc1ccccc1. The van der Waals surface area contributed by atoms with Gasteiger partial charge >= 0.3 is 5.97 Å². The predicted octanol–water partition coefficient (Wildman–Crippen LogP) is 3.70. The number of ether oxygens (including phenoxy) is 1. The highest BCUT2D eigenvalue weighted by atomic mass is 16.7. The minimum Gasteiger partial charge on any atom is -0.482 e. The van der Waals surface area contributed by atoms with Crippen molar-refractivity contribution in [3.8, 4) is 5.75 Å². The predicted molar refractivity (Wildman–Crippen MR) is 86.6 cm³/mol. The van der Waals surface area contributed by atoms with Gasteiger partial charge in [0.25, 0.3) is 0 Å². The molecule has 22 heavy (non-hydrogen) atoms. The van der Waals surface area contributed by atoms with Crippen molar-refractivity contribution in [1.82, 2.24) is 0 Å². The molecule has 0 unspecified atom stereocenters. The fraction of sp³-hybridized carbons (Fsp3) is 0.111. The smallest absolute Gasteiger partial charge is 0.372 e. The number of hydrogen-bond donors (Lipinski definition) is 0. The first-order chi connectivity index (χ1) is 10.7. The van der Waals surface area contributed by atoms with Gasteiger partial charge in [0, 0.05) is 0 Å². The summed E-state index contributed by atoms with van der Waals surface area (Å²) in [5.41, 5.74) is 1.65. The van der Waals surface area contributed by atoms with Gasteiger partial charge in [-0.15, -0.1) is 0 Å². The van der Waals surface area contributed by atoms with Gasteiger partial charge in [0.05, 0.1) is 5.71 Å². The Morgan fingerprint density at radius 2 is 1.68 bits per heavy atom. The van der Waals surface area contributed by atoms with Gasteiger partial charge in [-0.1, -0.05) is 59.8 Å². The lowest BCUT2D eigenvalue weighted by Crippen LogP contribution is -2.12. The van der Waals surface area contributed by atoms with Crippen LogP contribution in [-0.4, -0.2) is 18.3 Å². The van der Waals surface area contributed by atoms with E-state index in [1.807, 2.05) is 54.6 Å². The first kappa shape index (κ1) is 15.5. The van der Waals surface area contributed by atoms with E-state index in [4.69, 9.17) is 9.57 Å². The minimum absolute atomic E-state index is 0.177. The Morgan fingerprint density at radius 3 is 2.36 bits per heavy atom.